The molecule has 0 saturated carbocycles. The van der Waals surface area contributed by atoms with Gasteiger partial charge in [-0.15, -0.1) is 0 Å². The highest BCUT2D eigenvalue weighted by atomic mass is 79.9. The molecule has 0 atom stereocenters. The molecule has 0 aliphatic rings. The maximum atomic E-state index is 5.93. The van der Waals surface area contributed by atoms with Gasteiger partial charge in [-0.2, -0.15) is 0 Å². The molecule has 0 radical (unpaired) electrons. The van der Waals surface area contributed by atoms with Crippen LogP contribution in [0.25, 0.3) is 0 Å². The Labute approximate surface area is 117 Å². The molecule has 3 nitrogen and oxygen atoms in total. The van der Waals surface area contributed by atoms with Crippen LogP contribution < -0.4 is 4.74 Å². The molecule has 0 aliphatic heterocycles. The third-order valence-electron chi connectivity index (χ3n) is 1.98. The summed E-state index contributed by atoms with van der Waals surface area (Å²) in [7, 11) is 1.55. The van der Waals surface area contributed by atoms with Crippen LogP contribution in [0.15, 0.2) is 45.0 Å². The number of nitrogens with zero attached hydrogens (tertiary/aromatic N) is 2. The zero-order chi connectivity index (χ0) is 12.3. The lowest BCUT2D eigenvalue weighted by atomic mass is 10.4. The van der Waals surface area contributed by atoms with Crippen LogP contribution in [-0.4, -0.2) is 17.1 Å². The van der Waals surface area contributed by atoms with Crippen LogP contribution >= 0.6 is 39.3 Å². The zero-order valence-corrected chi connectivity index (χ0v) is 12.0. The van der Waals surface area contributed by atoms with Crippen LogP contribution in [0.4, 0.5) is 0 Å². The molecule has 1 aromatic heterocycles. The summed E-state index contributed by atoms with van der Waals surface area (Å²) in [5, 5.41) is 1.01. The predicted molar refractivity (Wildman–Crippen MR) is 71.9 cm³/mol. The van der Waals surface area contributed by atoms with E-state index in [1.54, 1.807) is 7.11 Å². The fraction of sp³-hybridized carbons (Fsp3) is 0.0909. The third-order valence-corrected chi connectivity index (χ3v) is 4.26. The van der Waals surface area contributed by atoms with Gasteiger partial charge < -0.3 is 4.74 Å². The van der Waals surface area contributed by atoms with E-state index in [-0.39, 0.29) is 0 Å². The molecule has 0 amide bonds. The lowest BCUT2D eigenvalue weighted by Gasteiger charge is -2.08. The number of halogens is 2. The summed E-state index contributed by atoms with van der Waals surface area (Å²) in [6.07, 6.45) is 1.42. The van der Waals surface area contributed by atoms with Crippen LogP contribution in [0.3, 0.4) is 0 Å². The average Bonchev–Trinajstić information content (AvgIpc) is 2.32. The molecule has 1 aromatic carbocycles. The predicted octanol–water partition coefficient (Wildman–Crippen LogP) is 4.05. The monoisotopic (exact) mass is 330 g/mol. The minimum Gasteiger partial charge on any atom is -0.491 e. The summed E-state index contributed by atoms with van der Waals surface area (Å²) in [5.41, 5.74) is 0. The number of benzene rings is 1. The second-order valence-electron chi connectivity index (χ2n) is 3.04. The number of ether oxygens (including phenoxy) is 1. The van der Waals surface area contributed by atoms with Crippen LogP contribution in [0, 0.1) is 0 Å². The highest BCUT2D eigenvalue weighted by molar-refractivity contribution is 9.10. The minimum atomic E-state index is 0.317. The molecule has 88 valence electrons. The second-order valence-corrected chi connectivity index (χ2v) is 5.28. The topological polar surface area (TPSA) is 35.0 Å². The zero-order valence-electron chi connectivity index (χ0n) is 8.85. The first-order chi connectivity index (χ1) is 8.22. The van der Waals surface area contributed by atoms with E-state index in [0.29, 0.717) is 15.9 Å². The molecule has 6 heteroatoms. The van der Waals surface area contributed by atoms with E-state index in [4.69, 9.17) is 16.3 Å². The van der Waals surface area contributed by atoms with Gasteiger partial charge in [0.05, 0.1) is 7.11 Å². The SMILES string of the molecule is COc1c(Cl)ncnc1Sc1ccccc1Br. The molecule has 0 spiro atoms. The van der Waals surface area contributed by atoms with Crippen molar-refractivity contribution in [3.63, 3.8) is 0 Å². The second kappa shape index (κ2) is 5.71. The van der Waals surface area contributed by atoms with E-state index in [2.05, 4.69) is 25.9 Å². The van der Waals surface area contributed by atoms with Gasteiger partial charge in [0.25, 0.3) is 0 Å². The lowest BCUT2D eigenvalue weighted by molar-refractivity contribution is 0.398. The van der Waals surface area contributed by atoms with Gasteiger partial charge in [-0.25, -0.2) is 9.97 Å². The van der Waals surface area contributed by atoms with Gasteiger partial charge >= 0.3 is 0 Å². The van der Waals surface area contributed by atoms with E-state index < -0.39 is 0 Å². The summed E-state index contributed by atoms with van der Waals surface area (Å²) in [6, 6.07) is 7.88. The van der Waals surface area contributed by atoms with Crippen molar-refractivity contribution in [2.45, 2.75) is 9.92 Å². The van der Waals surface area contributed by atoms with E-state index in [9.17, 15) is 0 Å². The number of aromatic nitrogens is 2. The molecule has 0 fully saturated rings. The number of hydrogen-bond donors (Lipinski definition) is 0. The van der Waals surface area contributed by atoms with Crippen molar-refractivity contribution in [3.05, 3.63) is 40.2 Å². The molecular formula is C11H8BrClN2OS. The Kier molecular flexibility index (Phi) is 4.25. The molecule has 0 aliphatic carbocycles. The van der Waals surface area contributed by atoms with E-state index in [0.717, 1.165) is 9.37 Å². The first-order valence-electron chi connectivity index (χ1n) is 4.69. The highest BCUT2D eigenvalue weighted by Gasteiger charge is 2.12. The number of hydrogen-bond acceptors (Lipinski definition) is 4. The summed E-state index contributed by atoms with van der Waals surface area (Å²) in [5.74, 6) is 0.495. The standard InChI is InChI=1S/C11H8BrClN2OS/c1-16-9-10(13)14-6-15-11(9)17-8-5-3-2-4-7(8)12/h2-6H,1H3. The van der Waals surface area contributed by atoms with Crippen molar-refractivity contribution in [1.82, 2.24) is 9.97 Å². The summed E-state index contributed by atoms with van der Waals surface area (Å²) < 4.78 is 6.20. The van der Waals surface area contributed by atoms with Crippen LogP contribution in [0.2, 0.25) is 5.15 Å². The molecule has 0 N–H and O–H groups in total. The fourth-order valence-electron chi connectivity index (χ4n) is 1.21. The van der Waals surface area contributed by atoms with Crippen molar-refractivity contribution in [2.24, 2.45) is 0 Å². The normalized spacial score (nSPS) is 10.3. The molecule has 1 heterocycles. The van der Waals surface area contributed by atoms with E-state index >= 15 is 0 Å². The Morgan fingerprint density at radius 1 is 1.29 bits per heavy atom. The summed E-state index contributed by atoms with van der Waals surface area (Å²) >= 11 is 10.9. The van der Waals surface area contributed by atoms with Crippen molar-refractivity contribution < 1.29 is 4.74 Å². The number of rotatable bonds is 3. The van der Waals surface area contributed by atoms with E-state index in [1.165, 1.54) is 18.1 Å². The van der Waals surface area contributed by atoms with Crippen molar-refractivity contribution in [2.75, 3.05) is 7.11 Å². The largest absolute Gasteiger partial charge is 0.491 e. The van der Waals surface area contributed by atoms with Crippen molar-refractivity contribution in [3.8, 4) is 5.75 Å². The first kappa shape index (κ1) is 12.7. The molecule has 2 rings (SSSR count). The number of methoxy groups -OCH3 is 1. The maximum Gasteiger partial charge on any atom is 0.188 e. The Morgan fingerprint density at radius 2 is 2.06 bits per heavy atom. The van der Waals surface area contributed by atoms with Gasteiger partial charge in [0.1, 0.15) is 11.4 Å². The van der Waals surface area contributed by atoms with Gasteiger partial charge in [-0.1, -0.05) is 35.5 Å². The Morgan fingerprint density at radius 3 is 2.76 bits per heavy atom. The van der Waals surface area contributed by atoms with Gasteiger partial charge in [0, 0.05) is 9.37 Å². The summed E-state index contributed by atoms with van der Waals surface area (Å²) in [6.45, 7) is 0. The summed E-state index contributed by atoms with van der Waals surface area (Å²) in [4.78, 5) is 9.09. The smallest absolute Gasteiger partial charge is 0.188 e. The van der Waals surface area contributed by atoms with Crippen molar-refractivity contribution in [1.29, 1.82) is 0 Å². The molecule has 0 unspecified atom stereocenters. The highest BCUT2D eigenvalue weighted by Crippen LogP contribution is 2.38. The maximum absolute atomic E-state index is 5.93. The van der Waals surface area contributed by atoms with Gasteiger partial charge in [-0.3, -0.25) is 0 Å². The molecule has 17 heavy (non-hydrogen) atoms. The van der Waals surface area contributed by atoms with Crippen LogP contribution in [-0.2, 0) is 0 Å². The third kappa shape index (κ3) is 2.91. The lowest BCUT2D eigenvalue weighted by Crippen LogP contribution is -1.92. The molecular weight excluding hydrogens is 324 g/mol. The Balaban J connectivity index is 2.37. The van der Waals surface area contributed by atoms with Crippen LogP contribution in [0.1, 0.15) is 0 Å². The average molecular weight is 332 g/mol. The van der Waals surface area contributed by atoms with E-state index in [1.807, 2.05) is 24.3 Å². The Hall–Kier alpha value is -0.780. The molecule has 0 saturated heterocycles. The van der Waals surface area contributed by atoms with Crippen molar-refractivity contribution >= 4 is 39.3 Å². The quantitative estimate of drug-likeness (QED) is 0.795. The first-order valence-corrected chi connectivity index (χ1v) is 6.68. The fourth-order valence-corrected chi connectivity index (χ4v) is 2.90. The van der Waals surface area contributed by atoms with Gasteiger partial charge in [0.15, 0.2) is 10.9 Å². The molecule has 2 aromatic rings. The Bertz CT molecular complexity index is 539. The van der Waals surface area contributed by atoms with Crippen LogP contribution in [0.5, 0.6) is 5.75 Å². The van der Waals surface area contributed by atoms with Gasteiger partial charge in [-0.05, 0) is 28.1 Å². The minimum absolute atomic E-state index is 0.317. The van der Waals surface area contributed by atoms with Gasteiger partial charge in [0.2, 0.25) is 0 Å². The molecule has 0 bridgehead atoms.